The Labute approximate surface area is 83.5 Å². The normalized spacial score (nSPS) is 9.79. The zero-order chi connectivity index (χ0) is 10.7. The van der Waals surface area contributed by atoms with Gasteiger partial charge >= 0.3 is 6.01 Å². The lowest BCUT2D eigenvalue weighted by molar-refractivity contribution is 0.378. The molecule has 0 aliphatic heterocycles. The largest absolute Gasteiger partial charge is 0.467 e. The number of anilines is 2. The number of nitrogens with zero attached hydrogens (tertiary/aromatic N) is 5. The van der Waals surface area contributed by atoms with Crippen LogP contribution in [0.1, 0.15) is 0 Å². The van der Waals surface area contributed by atoms with Gasteiger partial charge in [-0.1, -0.05) is 0 Å². The van der Waals surface area contributed by atoms with Crippen molar-refractivity contribution in [2.24, 2.45) is 0 Å². The van der Waals surface area contributed by atoms with E-state index in [1.807, 2.05) is 28.2 Å². The molecule has 0 aliphatic carbocycles. The van der Waals surface area contributed by atoms with Gasteiger partial charge in [-0.05, 0) is 0 Å². The molecular weight excluding hydrogens is 182 g/mol. The molecule has 1 heterocycles. The quantitative estimate of drug-likeness (QED) is 0.680. The summed E-state index contributed by atoms with van der Waals surface area (Å²) in [5, 5.41) is 0. The molecule has 0 aliphatic rings. The van der Waals surface area contributed by atoms with Crippen LogP contribution in [0.3, 0.4) is 0 Å². The molecule has 78 valence electrons. The molecule has 6 heteroatoms. The van der Waals surface area contributed by atoms with Gasteiger partial charge < -0.3 is 14.5 Å². The molecule has 1 aromatic heterocycles. The highest BCUT2D eigenvalue weighted by atomic mass is 16.5. The Hall–Kier alpha value is -1.59. The Kier molecular flexibility index (Phi) is 3.06. The second-order valence-corrected chi connectivity index (χ2v) is 3.21. The van der Waals surface area contributed by atoms with Crippen molar-refractivity contribution in [2.75, 3.05) is 45.1 Å². The van der Waals surface area contributed by atoms with Gasteiger partial charge in [0.2, 0.25) is 11.9 Å². The predicted octanol–water partition coefficient (Wildman–Crippen LogP) is 0.0122. The van der Waals surface area contributed by atoms with Gasteiger partial charge in [0.1, 0.15) is 0 Å². The van der Waals surface area contributed by atoms with Crippen LogP contribution < -0.4 is 14.5 Å². The average molecular weight is 197 g/mol. The maximum atomic E-state index is 4.98. The fourth-order valence-electron chi connectivity index (χ4n) is 0.827. The third-order valence-electron chi connectivity index (χ3n) is 1.57. The monoisotopic (exact) mass is 197 g/mol. The van der Waals surface area contributed by atoms with E-state index in [4.69, 9.17) is 4.74 Å². The van der Waals surface area contributed by atoms with Gasteiger partial charge in [0.25, 0.3) is 0 Å². The second kappa shape index (κ2) is 4.08. The van der Waals surface area contributed by atoms with Crippen LogP contribution in [-0.4, -0.2) is 50.3 Å². The molecule has 0 radical (unpaired) electrons. The third-order valence-corrected chi connectivity index (χ3v) is 1.57. The number of aromatic nitrogens is 3. The maximum Gasteiger partial charge on any atom is 0.322 e. The molecule has 1 rings (SSSR count). The Bertz CT molecular complexity index is 286. The minimum Gasteiger partial charge on any atom is -0.467 e. The molecule has 0 saturated carbocycles. The standard InChI is InChI=1S/C8H15N5O/c1-12(2)6-9-7(13(3)4)11-8(10-6)14-5/h1-5H3. The van der Waals surface area contributed by atoms with E-state index in [1.165, 1.54) is 7.11 Å². The summed E-state index contributed by atoms with van der Waals surface area (Å²) >= 11 is 0. The van der Waals surface area contributed by atoms with Gasteiger partial charge in [-0.3, -0.25) is 0 Å². The summed E-state index contributed by atoms with van der Waals surface area (Å²) in [4.78, 5) is 16.0. The fourth-order valence-corrected chi connectivity index (χ4v) is 0.827. The summed E-state index contributed by atoms with van der Waals surface area (Å²) in [7, 11) is 9.01. The first kappa shape index (κ1) is 10.5. The maximum absolute atomic E-state index is 4.98. The van der Waals surface area contributed by atoms with Crippen molar-refractivity contribution in [1.29, 1.82) is 0 Å². The molecule has 0 spiro atoms. The molecule has 0 atom stereocenters. The van der Waals surface area contributed by atoms with Crippen molar-refractivity contribution in [1.82, 2.24) is 15.0 Å². The van der Waals surface area contributed by atoms with E-state index in [0.29, 0.717) is 17.9 Å². The Balaban J connectivity index is 3.13. The van der Waals surface area contributed by atoms with Crippen LogP contribution in [0.5, 0.6) is 6.01 Å². The van der Waals surface area contributed by atoms with Crippen molar-refractivity contribution >= 4 is 11.9 Å². The zero-order valence-electron chi connectivity index (χ0n) is 9.14. The van der Waals surface area contributed by atoms with Crippen molar-refractivity contribution in [2.45, 2.75) is 0 Å². The summed E-state index contributed by atoms with van der Waals surface area (Å²) in [5.41, 5.74) is 0. The molecule has 0 fully saturated rings. The van der Waals surface area contributed by atoms with Crippen molar-refractivity contribution in [3.63, 3.8) is 0 Å². The highest BCUT2D eigenvalue weighted by Gasteiger charge is 2.08. The molecule has 0 aromatic carbocycles. The zero-order valence-corrected chi connectivity index (χ0v) is 9.14. The number of rotatable bonds is 3. The lowest BCUT2D eigenvalue weighted by atomic mass is 10.7. The second-order valence-electron chi connectivity index (χ2n) is 3.21. The van der Waals surface area contributed by atoms with Gasteiger partial charge in [0.05, 0.1) is 7.11 Å². The number of hydrogen-bond acceptors (Lipinski definition) is 6. The van der Waals surface area contributed by atoms with Gasteiger partial charge in [-0.25, -0.2) is 0 Å². The van der Waals surface area contributed by atoms with E-state index in [0.717, 1.165) is 0 Å². The van der Waals surface area contributed by atoms with Crippen LogP contribution in [0.15, 0.2) is 0 Å². The summed E-state index contributed by atoms with van der Waals surface area (Å²) in [6.07, 6.45) is 0. The van der Waals surface area contributed by atoms with Gasteiger partial charge in [-0.15, -0.1) is 0 Å². The van der Waals surface area contributed by atoms with Crippen LogP contribution in [0.4, 0.5) is 11.9 Å². The Morgan fingerprint density at radius 3 is 1.57 bits per heavy atom. The first-order valence-corrected chi connectivity index (χ1v) is 4.19. The molecule has 0 N–H and O–H groups in total. The van der Waals surface area contributed by atoms with Crippen LogP contribution in [-0.2, 0) is 0 Å². The lowest BCUT2D eigenvalue weighted by Gasteiger charge is -2.15. The lowest BCUT2D eigenvalue weighted by Crippen LogP contribution is -2.19. The minimum atomic E-state index is 0.326. The predicted molar refractivity (Wildman–Crippen MR) is 55.0 cm³/mol. The first-order valence-electron chi connectivity index (χ1n) is 4.19. The van der Waals surface area contributed by atoms with Crippen LogP contribution >= 0.6 is 0 Å². The molecule has 1 aromatic rings. The van der Waals surface area contributed by atoms with E-state index in [1.54, 1.807) is 9.80 Å². The Morgan fingerprint density at radius 1 is 0.857 bits per heavy atom. The minimum absolute atomic E-state index is 0.326. The van der Waals surface area contributed by atoms with Crippen LogP contribution in [0.2, 0.25) is 0 Å². The molecule has 0 unspecified atom stereocenters. The van der Waals surface area contributed by atoms with Crippen molar-refractivity contribution in [3.05, 3.63) is 0 Å². The average Bonchev–Trinajstić information content (AvgIpc) is 2.16. The van der Waals surface area contributed by atoms with E-state index in [9.17, 15) is 0 Å². The van der Waals surface area contributed by atoms with E-state index < -0.39 is 0 Å². The topological polar surface area (TPSA) is 54.4 Å². The fraction of sp³-hybridized carbons (Fsp3) is 0.625. The van der Waals surface area contributed by atoms with E-state index in [-0.39, 0.29) is 0 Å². The van der Waals surface area contributed by atoms with Crippen molar-refractivity contribution in [3.8, 4) is 6.01 Å². The van der Waals surface area contributed by atoms with Crippen LogP contribution in [0.25, 0.3) is 0 Å². The molecule has 0 bridgehead atoms. The molecular formula is C8H15N5O. The highest BCUT2D eigenvalue weighted by molar-refractivity contribution is 5.37. The molecule has 0 amide bonds. The summed E-state index contributed by atoms with van der Waals surface area (Å²) in [6.45, 7) is 0. The summed E-state index contributed by atoms with van der Waals surface area (Å²) in [6, 6.07) is 0.326. The van der Waals surface area contributed by atoms with Crippen molar-refractivity contribution < 1.29 is 4.74 Å². The highest BCUT2D eigenvalue weighted by Crippen LogP contribution is 2.13. The summed E-state index contributed by atoms with van der Waals surface area (Å²) < 4.78 is 4.98. The van der Waals surface area contributed by atoms with Gasteiger partial charge in [0, 0.05) is 28.2 Å². The van der Waals surface area contributed by atoms with Gasteiger partial charge in [-0.2, -0.15) is 15.0 Å². The summed E-state index contributed by atoms with van der Waals surface area (Å²) in [5.74, 6) is 1.17. The number of hydrogen-bond donors (Lipinski definition) is 0. The SMILES string of the molecule is COc1nc(N(C)C)nc(N(C)C)n1. The van der Waals surface area contributed by atoms with Gasteiger partial charge in [0.15, 0.2) is 0 Å². The molecule has 0 saturated heterocycles. The number of methoxy groups -OCH3 is 1. The number of ether oxygens (including phenoxy) is 1. The van der Waals surface area contributed by atoms with E-state index in [2.05, 4.69) is 15.0 Å². The van der Waals surface area contributed by atoms with E-state index >= 15 is 0 Å². The third kappa shape index (κ3) is 2.21. The Morgan fingerprint density at radius 2 is 1.29 bits per heavy atom. The smallest absolute Gasteiger partial charge is 0.322 e. The first-order chi connectivity index (χ1) is 6.54. The molecule has 14 heavy (non-hydrogen) atoms. The van der Waals surface area contributed by atoms with Crippen LogP contribution in [0, 0.1) is 0 Å². The molecule has 6 nitrogen and oxygen atoms in total.